The van der Waals surface area contributed by atoms with E-state index >= 15 is 0 Å². The van der Waals surface area contributed by atoms with Crippen LogP contribution in [0.5, 0.6) is 5.75 Å². The molecule has 51 heavy (non-hydrogen) atoms. The molecule has 0 amide bonds. The minimum Gasteiger partial charge on any atom is -0.491 e. The highest BCUT2D eigenvalue weighted by Crippen LogP contribution is 2.46. The molecule has 1 aliphatic carbocycles. The Morgan fingerprint density at radius 3 is 2.27 bits per heavy atom. The molecule has 2 heterocycles. The van der Waals surface area contributed by atoms with Gasteiger partial charge in [0.25, 0.3) is 0 Å². The maximum Gasteiger partial charge on any atom is 0.243 e. The van der Waals surface area contributed by atoms with Gasteiger partial charge in [0.2, 0.25) is 10.0 Å². The molecule has 3 fully saturated rings. The molecule has 6 rings (SSSR count). The van der Waals surface area contributed by atoms with Crippen molar-refractivity contribution >= 4 is 19.9 Å². The van der Waals surface area contributed by atoms with Crippen molar-refractivity contribution in [2.24, 2.45) is 0 Å². The Kier molecular flexibility index (Phi) is 11.0. The number of aliphatic hydroxyl groups is 2. The topological polar surface area (TPSA) is 154 Å². The summed E-state index contributed by atoms with van der Waals surface area (Å²) in [5, 5.41) is 27.0. The molecule has 0 bridgehead atoms. The molecular formula is C38H51N3O8S2. The fourth-order valence-electron chi connectivity index (χ4n) is 6.81. The van der Waals surface area contributed by atoms with Gasteiger partial charge in [-0.1, -0.05) is 42.5 Å². The van der Waals surface area contributed by atoms with E-state index in [1.165, 1.54) is 12.1 Å². The van der Waals surface area contributed by atoms with Gasteiger partial charge in [-0.05, 0) is 99.9 Å². The van der Waals surface area contributed by atoms with E-state index in [1.54, 1.807) is 34.6 Å². The van der Waals surface area contributed by atoms with Gasteiger partial charge in [-0.25, -0.2) is 16.8 Å². The van der Waals surface area contributed by atoms with Crippen molar-refractivity contribution in [3.05, 3.63) is 78.4 Å². The second kappa shape index (κ2) is 14.9. The smallest absolute Gasteiger partial charge is 0.243 e. The highest BCUT2D eigenvalue weighted by Gasteiger charge is 2.54. The van der Waals surface area contributed by atoms with Crippen LogP contribution in [-0.4, -0.2) is 98.8 Å². The number of hydrogen-bond acceptors (Lipinski definition) is 10. The average Bonchev–Trinajstić information content (AvgIpc) is 3.85. The van der Waals surface area contributed by atoms with Crippen molar-refractivity contribution < 1.29 is 36.5 Å². The Morgan fingerprint density at radius 1 is 0.922 bits per heavy atom. The zero-order valence-corrected chi connectivity index (χ0v) is 31.3. The Bertz CT molecular complexity index is 1880. The van der Waals surface area contributed by atoms with Crippen LogP contribution in [0.15, 0.2) is 82.6 Å². The molecule has 11 nitrogen and oxygen atoms in total. The summed E-state index contributed by atoms with van der Waals surface area (Å²) in [5.74, 6) is 0.332. The third-order valence-corrected chi connectivity index (χ3v) is 14.7. The number of nitrogens with one attached hydrogen (secondary N) is 2. The van der Waals surface area contributed by atoms with E-state index in [4.69, 9.17) is 9.47 Å². The van der Waals surface area contributed by atoms with Crippen molar-refractivity contribution in [1.82, 2.24) is 14.9 Å². The monoisotopic (exact) mass is 741 g/mol. The van der Waals surface area contributed by atoms with Gasteiger partial charge in [-0.2, -0.15) is 4.31 Å². The Balaban J connectivity index is 0.968. The van der Waals surface area contributed by atoms with Crippen LogP contribution >= 0.6 is 0 Å². The molecule has 1 saturated carbocycles. The van der Waals surface area contributed by atoms with Crippen LogP contribution < -0.4 is 15.4 Å². The lowest BCUT2D eigenvalue weighted by atomic mass is 9.88. The maximum atomic E-state index is 13.7. The van der Waals surface area contributed by atoms with Gasteiger partial charge in [0.05, 0.1) is 33.4 Å². The zero-order valence-electron chi connectivity index (χ0n) is 29.7. The van der Waals surface area contributed by atoms with E-state index in [9.17, 15) is 27.0 Å². The average molecular weight is 742 g/mol. The maximum absolute atomic E-state index is 13.7. The van der Waals surface area contributed by atoms with Crippen LogP contribution in [0.25, 0.3) is 11.1 Å². The predicted octanol–water partition coefficient (Wildman–Crippen LogP) is 3.88. The van der Waals surface area contributed by atoms with Crippen molar-refractivity contribution in [3.63, 3.8) is 0 Å². The van der Waals surface area contributed by atoms with Gasteiger partial charge in [0.15, 0.2) is 9.84 Å². The number of nitrogens with zero attached hydrogens (tertiary/aromatic N) is 1. The van der Waals surface area contributed by atoms with E-state index < -0.39 is 42.9 Å². The Hall–Kier alpha value is -2.88. The summed E-state index contributed by atoms with van der Waals surface area (Å²) in [7, 11) is -7.37. The molecular weight excluding hydrogens is 691 g/mol. The van der Waals surface area contributed by atoms with Gasteiger partial charge >= 0.3 is 0 Å². The second-order valence-corrected chi connectivity index (χ2v) is 19.6. The van der Waals surface area contributed by atoms with Crippen LogP contribution in [0.3, 0.4) is 0 Å². The standard InChI is InChI=1S/C38H51N3O8S2/c1-36(2,3)40-23-28-10-12-29(13-11-28)30-6-4-9-35(20-30)51(46,47)41-18-16-37(17-19-41)22-31(25-49-37)39-24-32(43)26-48-33-7-5-8-34(21-33)50(44,45)38(27-42)14-15-38/h4-13,20-21,31-32,39-40,42-43H,14-19,22-27H2,1-3H3. The molecule has 0 radical (unpaired) electrons. The summed E-state index contributed by atoms with van der Waals surface area (Å²) in [6.07, 6.45) is 1.89. The molecule has 3 aromatic rings. The Morgan fingerprint density at radius 2 is 1.61 bits per heavy atom. The molecule has 4 N–H and O–H groups in total. The van der Waals surface area contributed by atoms with Crippen LogP contribution in [0.4, 0.5) is 0 Å². The fraction of sp³-hybridized carbons (Fsp3) is 0.526. The molecule has 278 valence electrons. The van der Waals surface area contributed by atoms with Crippen molar-refractivity contribution in [1.29, 1.82) is 0 Å². The zero-order chi connectivity index (χ0) is 36.5. The molecule has 0 aromatic heterocycles. The minimum absolute atomic E-state index is 0.00296. The summed E-state index contributed by atoms with van der Waals surface area (Å²) >= 11 is 0. The number of sulfonamides is 1. The first-order valence-electron chi connectivity index (χ1n) is 17.7. The lowest BCUT2D eigenvalue weighted by Crippen LogP contribution is -2.47. The lowest BCUT2D eigenvalue weighted by Gasteiger charge is -2.38. The van der Waals surface area contributed by atoms with Crippen LogP contribution in [0.1, 0.15) is 58.4 Å². The van der Waals surface area contributed by atoms with Crippen molar-refractivity contribution in [2.75, 3.05) is 39.5 Å². The number of piperidine rings is 1. The molecule has 13 heteroatoms. The molecule has 3 aromatic carbocycles. The minimum atomic E-state index is -3.69. The van der Waals surface area contributed by atoms with Crippen molar-refractivity contribution in [3.8, 4) is 16.9 Å². The summed E-state index contributed by atoms with van der Waals surface area (Å²) in [4.78, 5) is 0.383. The van der Waals surface area contributed by atoms with Crippen LogP contribution in [0.2, 0.25) is 0 Å². The Labute approximate surface area is 302 Å². The molecule has 2 aliphatic heterocycles. The third-order valence-electron chi connectivity index (χ3n) is 10.3. The summed E-state index contributed by atoms with van der Waals surface area (Å²) in [6.45, 7) is 8.14. The second-order valence-electron chi connectivity index (χ2n) is 15.3. The summed E-state index contributed by atoms with van der Waals surface area (Å²) < 4.78 is 65.8. The molecule has 2 atom stereocenters. The molecule has 2 unspecified atom stereocenters. The normalized spacial score (nSPS) is 21.1. The lowest BCUT2D eigenvalue weighted by molar-refractivity contribution is -0.0312. The summed E-state index contributed by atoms with van der Waals surface area (Å²) in [6, 6.07) is 21.5. The number of hydrogen-bond donors (Lipinski definition) is 4. The first-order valence-corrected chi connectivity index (χ1v) is 20.6. The summed E-state index contributed by atoms with van der Waals surface area (Å²) in [5.41, 5.74) is 2.58. The quantitative estimate of drug-likeness (QED) is 0.192. The number of ether oxygens (including phenoxy) is 2. The van der Waals surface area contributed by atoms with Gasteiger partial charge in [0, 0.05) is 37.8 Å². The highest BCUT2D eigenvalue weighted by atomic mass is 32.2. The largest absolute Gasteiger partial charge is 0.491 e. The fourth-order valence-corrected chi connectivity index (χ4v) is 10.1. The van der Waals surface area contributed by atoms with Gasteiger partial charge in [-0.3, -0.25) is 0 Å². The molecule has 3 aliphatic rings. The third kappa shape index (κ3) is 8.68. The predicted molar refractivity (Wildman–Crippen MR) is 196 cm³/mol. The van der Waals surface area contributed by atoms with E-state index in [-0.39, 0.29) is 34.5 Å². The highest BCUT2D eigenvalue weighted by molar-refractivity contribution is 7.93. The van der Waals surface area contributed by atoms with Gasteiger partial charge in [0.1, 0.15) is 18.5 Å². The van der Waals surface area contributed by atoms with E-state index in [2.05, 4.69) is 43.5 Å². The molecule has 1 spiro atoms. The first-order chi connectivity index (χ1) is 24.1. The van der Waals surface area contributed by atoms with Gasteiger partial charge in [-0.15, -0.1) is 0 Å². The van der Waals surface area contributed by atoms with Crippen LogP contribution in [-0.2, 0) is 31.1 Å². The molecule has 2 saturated heterocycles. The SMILES string of the molecule is CC(C)(C)NCc1ccc(-c2cccc(S(=O)(=O)N3CCC4(CC3)CC(NCC(O)COc3cccc(S(=O)(=O)C5(CO)CC5)c3)CO4)c2)cc1. The van der Waals surface area contributed by atoms with E-state index in [0.717, 1.165) is 23.2 Å². The van der Waals surface area contributed by atoms with Crippen LogP contribution in [0, 0.1) is 0 Å². The first kappa shape index (κ1) is 37.9. The number of benzene rings is 3. The van der Waals surface area contributed by atoms with Crippen molar-refractivity contribution in [2.45, 2.75) is 97.2 Å². The van der Waals surface area contributed by atoms with Gasteiger partial charge < -0.3 is 30.3 Å². The van der Waals surface area contributed by atoms with E-state index in [1.807, 2.05) is 18.2 Å². The number of sulfone groups is 1. The number of rotatable bonds is 14. The number of aliphatic hydroxyl groups excluding tert-OH is 2. The van der Waals surface area contributed by atoms with E-state index in [0.29, 0.717) is 57.6 Å².